The van der Waals surface area contributed by atoms with Gasteiger partial charge in [0, 0.05) is 49.5 Å². The fraction of sp³-hybridized carbons (Fsp3) is 0.154. The van der Waals surface area contributed by atoms with E-state index in [1.165, 1.54) is 36.7 Å². The molecule has 8 heteroatoms. The van der Waals surface area contributed by atoms with Crippen LogP contribution in [0.4, 0.5) is 24.5 Å². The summed E-state index contributed by atoms with van der Waals surface area (Å²) in [5.74, 6) is -0.424. The van der Waals surface area contributed by atoms with Crippen molar-refractivity contribution in [3.05, 3.63) is 107 Å². The van der Waals surface area contributed by atoms with Crippen LogP contribution in [0.2, 0.25) is 0 Å². The number of rotatable bonds is 7. The predicted octanol–water partition coefficient (Wildman–Crippen LogP) is 5.29. The van der Waals surface area contributed by atoms with Crippen LogP contribution in [0.15, 0.2) is 85.2 Å². The maximum atomic E-state index is 13.0. The highest BCUT2D eigenvalue weighted by molar-refractivity contribution is 6.00. The number of benzene rings is 2. The van der Waals surface area contributed by atoms with Crippen LogP contribution in [0.3, 0.4) is 0 Å². The Morgan fingerprint density at radius 2 is 1.65 bits per heavy atom. The number of aliphatic hydroxyl groups excluding tert-OH is 1. The second-order valence-electron chi connectivity index (χ2n) is 7.64. The highest BCUT2D eigenvalue weighted by Gasteiger charge is 2.30. The minimum Gasteiger partial charge on any atom is -0.392 e. The molecule has 2 aromatic carbocycles. The number of aliphatic hydroxyl groups is 1. The molecule has 1 heterocycles. The number of nitrogens with zero attached hydrogens (tertiary/aromatic N) is 2. The molecule has 3 rings (SSSR count). The summed E-state index contributed by atoms with van der Waals surface area (Å²) >= 11 is 0. The summed E-state index contributed by atoms with van der Waals surface area (Å²) in [7, 11) is 3.82. The number of aromatic nitrogens is 1. The number of carbonyl (C=O) groups excluding carboxylic acids is 1. The van der Waals surface area contributed by atoms with E-state index in [1.807, 2.05) is 43.3 Å². The van der Waals surface area contributed by atoms with Crippen molar-refractivity contribution in [1.82, 2.24) is 4.98 Å². The lowest BCUT2D eigenvalue weighted by Gasteiger charge is -2.14. The summed E-state index contributed by atoms with van der Waals surface area (Å²) < 4.78 is 39.0. The predicted molar refractivity (Wildman–Crippen MR) is 127 cm³/mol. The van der Waals surface area contributed by atoms with E-state index in [2.05, 4.69) is 10.3 Å². The standard InChI is InChI=1S/C26H24F3N3O2/c1-32(2)22-12-8-19(9-13-22)23(18-6-10-21(11-7-18)26(27,28)29)4-3-5-25(34)31-24-14-15-30-16-20(24)17-33/h3-16,33H,17H2,1-2H3,(H,30,31,34)/b5-3+,23-4+. The summed E-state index contributed by atoms with van der Waals surface area (Å²) in [5, 5.41) is 12.0. The lowest BCUT2D eigenvalue weighted by atomic mass is 9.96. The van der Waals surface area contributed by atoms with Gasteiger partial charge in [-0.3, -0.25) is 9.78 Å². The summed E-state index contributed by atoms with van der Waals surface area (Å²) in [4.78, 5) is 18.2. The van der Waals surface area contributed by atoms with Crippen LogP contribution in [-0.4, -0.2) is 30.1 Å². The highest BCUT2D eigenvalue weighted by Crippen LogP contribution is 2.32. The summed E-state index contributed by atoms with van der Waals surface area (Å²) in [5.41, 5.74) is 3.18. The van der Waals surface area contributed by atoms with Crippen LogP contribution in [0.25, 0.3) is 5.57 Å². The molecule has 0 unspecified atom stereocenters. The molecule has 0 aliphatic rings. The zero-order valence-corrected chi connectivity index (χ0v) is 18.7. The topological polar surface area (TPSA) is 65.5 Å². The first-order chi connectivity index (χ1) is 16.2. The Labute approximate surface area is 195 Å². The third-order valence-electron chi connectivity index (χ3n) is 5.06. The van der Waals surface area contributed by atoms with Gasteiger partial charge < -0.3 is 15.3 Å². The first kappa shape index (κ1) is 24.7. The Bertz CT molecular complexity index is 1180. The van der Waals surface area contributed by atoms with Gasteiger partial charge in [-0.2, -0.15) is 13.2 Å². The summed E-state index contributed by atoms with van der Waals surface area (Å²) in [6, 6.07) is 14.0. The average Bonchev–Trinajstić information content (AvgIpc) is 2.82. The van der Waals surface area contributed by atoms with E-state index in [0.717, 1.165) is 23.4 Å². The van der Waals surface area contributed by atoms with Gasteiger partial charge in [0.1, 0.15) is 0 Å². The van der Waals surface area contributed by atoms with E-state index in [-0.39, 0.29) is 6.61 Å². The van der Waals surface area contributed by atoms with E-state index in [4.69, 9.17) is 0 Å². The second-order valence-corrected chi connectivity index (χ2v) is 7.64. The molecule has 5 nitrogen and oxygen atoms in total. The van der Waals surface area contributed by atoms with Crippen LogP contribution >= 0.6 is 0 Å². The Kier molecular flexibility index (Phi) is 7.86. The summed E-state index contributed by atoms with van der Waals surface area (Å²) in [6.45, 7) is -0.270. The minimum atomic E-state index is -4.42. The lowest BCUT2D eigenvalue weighted by Crippen LogP contribution is -2.10. The molecule has 0 aliphatic heterocycles. The number of nitrogens with one attached hydrogen (secondary N) is 1. The number of carbonyl (C=O) groups is 1. The van der Waals surface area contributed by atoms with Crippen molar-refractivity contribution in [3.8, 4) is 0 Å². The fourth-order valence-corrected chi connectivity index (χ4v) is 3.22. The molecule has 0 saturated heterocycles. The maximum Gasteiger partial charge on any atom is 0.416 e. The van der Waals surface area contributed by atoms with Crippen molar-refractivity contribution in [2.75, 3.05) is 24.3 Å². The number of hydrogen-bond donors (Lipinski definition) is 2. The first-order valence-electron chi connectivity index (χ1n) is 10.4. The number of halogens is 3. The number of allylic oxidation sites excluding steroid dienone is 2. The molecule has 0 bridgehead atoms. The van der Waals surface area contributed by atoms with Gasteiger partial charge >= 0.3 is 6.18 Å². The molecule has 0 atom stereocenters. The molecule has 3 aromatic rings. The van der Waals surface area contributed by atoms with Crippen LogP contribution in [0.5, 0.6) is 0 Å². The first-order valence-corrected chi connectivity index (χ1v) is 10.4. The molecule has 0 spiro atoms. The summed E-state index contributed by atoms with van der Waals surface area (Å²) in [6.07, 6.45) is 3.04. The Morgan fingerprint density at radius 3 is 2.21 bits per heavy atom. The van der Waals surface area contributed by atoms with E-state index in [1.54, 1.807) is 12.1 Å². The van der Waals surface area contributed by atoms with E-state index >= 15 is 0 Å². The molecule has 1 aromatic heterocycles. The Balaban J connectivity index is 1.90. The number of anilines is 2. The minimum absolute atomic E-state index is 0.270. The van der Waals surface area contributed by atoms with Crippen LogP contribution in [-0.2, 0) is 17.6 Å². The van der Waals surface area contributed by atoms with Crippen LogP contribution in [0.1, 0.15) is 22.3 Å². The molecule has 0 saturated carbocycles. The van der Waals surface area contributed by atoms with E-state index in [9.17, 15) is 23.1 Å². The third kappa shape index (κ3) is 6.32. The van der Waals surface area contributed by atoms with Gasteiger partial charge in [0.05, 0.1) is 12.2 Å². The number of alkyl halides is 3. The maximum absolute atomic E-state index is 13.0. The number of amides is 1. The van der Waals surface area contributed by atoms with Crippen molar-refractivity contribution in [2.24, 2.45) is 0 Å². The van der Waals surface area contributed by atoms with Crippen molar-refractivity contribution in [3.63, 3.8) is 0 Å². The number of hydrogen-bond acceptors (Lipinski definition) is 4. The molecule has 34 heavy (non-hydrogen) atoms. The van der Waals surface area contributed by atoms with Gasteiger partial charge in [-0.1, -0.05) is 36.4 Å². The van der Waals surface area contributed by atoms with Gasteiger partial charge in [-0.25, -0.2) is 0 Å². The fourth-order valence-electron chi connectivity index (χ4n) is 3.22. The number of pyridine rings is 1. The molecule has 2 N–H and O–H groups in total. The second kappa shape index (κ2) is 10.8. The molecule has 0 radical (unpaired) electrons. The smallest absolute Gasteiger partial charge is 0.392 e. The third-order valence-corrected chi connectivity index (χ3v) is 5.06. The molecule has 0 fully saturated rings. The molecular weight excluding hydrogens is 443 g/mol. The average molecular weight is 467 g/mol. The van der Waals surface area contributed by atoms with Crippen molar-refractivity contribution >= 4 is 22.9 Å². The Hall–Kier alpha value is -3.91. The molecule has 176 valence electrons. The van der Waals surface area contributed by atoms with Crippen LogP contribution in [0, 0.1) is 0 Å². The normalized spacial score (nSPS) is 12.1. The van der Waals surface area contributed by atoms with Crippen LogP contribution < -0.4 is 10.2 Å². The van der Waals surface area contributed by atoms with Gasteiger partial charge in [0.25, 0.3) is 0 Å². The molecular formula is C26H24F3N3O2. The Morgan fingerprint density at radius 1 is 1.03 bits per heavy atom. The molecule has 1 amide bonds. The zero-order chi connectivity index (χ0) is 24.7. The quantitative estimate of drug-likeness (QED) is 0.366. The SMILES string of the molecule is CN(C)c1ccc(/C(=C/C=C/C(=O)Nc2ccncc2CO)c2ccc(C(F)(F)F)cc2)cc1. The van der Waals surface area contributed by atoms with Gasteiger partial charge in [0.15, 0.2) is 0 Å². The highest BCUT2D eigenvalue weighted by atomic mass is 19.4. The van der Waals surface area contributed by atoms with E-state index < -0.39 is 17.6 Å². The van der Waals surface area contributed by atoms with E-state index in [0.29, 0.717) is 22.4 Å². The zero-order valence-electron chi connectivity index (χ0n) is 18.7. The van der Waals surface area contributed by atoms with Gasteiger partial charge in [-0.15, -0.1) is 0 Å². The van der Waals surface area contributed by atoms with Crippen molar-refractivity contribution in [2.45, 2.75) is 12.8 Å². The largest absolute Gasteiger partial charge is 0.416 e. The molecule has 0 aliphatic carbocycles. The lowest BCUT2D eigenvalue weighted by molar-refractivity contribution is -0.137. The van der Waals surface area contributed by atoms with Gasteiger partial charge in [-0.05, 0) is 47.0 Å². The van der Waals surface area contributed by atoms with Crippen molar-refractivity contribution < 1.29 is 23.1 Å². The monoisotopic (exact) mass is 467 g/mol. The van der Waals surface area contributed by atoms with Gasteiger partial charge in [0.2, 0.25) is 5.91 Å². The van der Waals surface area contributed by atoms with Crippen molar-refractivity contribution in [1.29, 1.82) is 0 Å².